The Morgan fingerprint density at radius 2 is 1.89 bits per heavy atom. The van der Waals surface area contributed by atoms with E-state index in [0.717, 1.165) is 0 Å². The molecule has 0 bridgehead atoms. The number of carboxylic acid groups (broad SMARTS) is 1. The highest BCUT2D eigenvalue weighted by molar-refractivity contribution is 6.31. The van der Waals surface area contributed by atoms with Gasteiger partial charge >= 0.3 is 11.8 Å². The van der Waals surface area contributed by atoms with Gasteiger partial charge < -0.3 is 15.3 Å². The maximum Gasteiger partial charge on any atom is 0.370 e. The maximum atomic E-state index is 9.82. The Balaban J connectivity index is 4.38. The largest absolute Gasteiger partial charge is 0.477 e. The van der Waals surface area contributed by atoms with Crippen LogP contribution in [-0.4, -0.2) is 27.1 Å². The van der Waals surface area contributed by atoms with E-state index in [1.807, 2.05) is 0 Å². The number of aliphatic hydroxyl groups is 2. The smallest absolute Gasteiger partial charge is 0.370 e. The van der Waals surface area contributed by atoms with Gasteiger partial charge in [0.05, 0.1) is 5.03 Å². The average Bonchev–Trinajstić information content (AvgIpc) is 1.65. The minimum atomic E-state index is -3.01. The van der Waals surface area contributed by atoms with Crippen molar-refractivity contribution in [2.75, 3.05) is 0 Å². The molecule has 9 heavy (non-hydrogen) atoms. The Hall–Kier alpha value is -0.580. The molecule has 0 aromatic rings. The maximum absolute atomic E-state index is 9.82. The van der Waals surface area contributed by atoms with Crippen LogP contribution in [0.3, 0.4) is 0 Å². The zero-order valence-electron chi connectivity index (χ0n) is 4.33. The molecule has 52 valence electrons. The molecule has 0 aromatic carbocycles. The zero-order chi connectivity index (χ0) is 7.65. The summed E-state index contributed by atoms with van der Waals surface area (Å²) >= 11 is 4.89. The Morgan fingerprint density at radius 1 is 1.56 bits per heavy atom. The lowest BCUT2D eigenvalue weighted by Gasteiger charge is -2.12. The third-order valence-electron chi connectivity index (χ3n) is 0.676. The van der Waals surface area contributed by atoms with Crippen molar-refractivity contribution in [2.24, 2.45) is 0 Å². The van der Waals surface area contributed by atoms with Crippen LogP contribution >= 0.6 is 11.6 Å². The molecule has 0 aromatic heterocycles. The van der Waals surface area contributed by atoms with Crippen LogP contribution in [0.2, 0.25) is 0 Å². The summed E-state index contributed by atoms with van der Waals surface area (Å²) in [4.78, 5) is 9.82. The van der Waals surface area contributed by atoms with E-state index in [-0.39, 0.29) is 0 Å². The number of aliphatic carboxylic acids is 1. The molecule has 0 saturated carbocycles. The van der Waals surface area contributed by atoms with Crippen LogP contribution in [0.5, 0.6) is 0 Å². The van der Waals surface area contributed by atoms with E-state index >= 15 is 0 Å². The molecule has 0 amide bonds. The van der Waals surface area contributed by atoms with Crippen molar-refractivity contribution < 1.29 is 20.1 Å². The second-order valence-electron chi connectivity index (χ2n) is 1.38. The van der Waals surface area contributed by atoms with Crippen molar-refractivity contribution >= 4 is 17.6 Å². The van der Waals surface area contributed by atoms with Crippen LogP contribution in [0.15, 0.2) is 11.6 Å². The first-order chi connectivity index (χ1) is 3.89. The number of carbonyl (C=O) groups is 1. The lowest BCUT2D eigenvalue weighted by atomic mass is 10.3. The van der Waals surface area contributed by atoms with Gasteiger partial charge in [-0.3, -0.25) is 0 Å². The number of hydrogen-bond donors (Lipinski definition) is 3. The molecule has 0 heterocycles. The number of hydrogen-bond acceptors (Lipinski definition) is 3. The SMILES string of the molecule is C=C(Cl)C(O)(O)C(=O)O. The van der Waals surface area contributed by atoms with Gasteiger partial charge in [0.25, 0.3) is 0 Å². The molecule has 0 rings (SSSR count). The van der Waals surface area contributed by atoms with Gasteiger partial charge in [-0.2, -0.15) is 0 Å². The highest BCUT2D eigenvalue weighted by atomic mass is 35.5. The van der Waals surface area contributed by atoms with Crippen molar-refractivity contribution in [3.63, 3.8) is 0 Å². The molecule has 0 aliphatic heterocycles. The topological polar surface area (TPSA) is 77.8 Å². The fraction of sp³-hybridized carbons (Fsp3) is 0.250. The predicted molar refractivity (Wildman–Crippen MR) is 29.8 cm³/mol. The monoisotopic (exact) mass is 152 g/mol. The Morgan fingerprint density at radius 3 is 1.89 bits per heavy atom. The summed E-state index contributed by atoms with van der Waals surface area (Å²) in [5.41, 5.74) is 0. The second-order valence-corrected chi connectivity index (χ2v) is 1.84. The van der Waals surface area contributed by atoms with Crippen molar-refractivity contribution in [3.05, 3.63) is 11.6 Å². The van der Waals surface area contributed by atoms with Gasteiger partial charge in [-0.15, -0.1) is 0 Å². The number of carboxylic acids is 1. The van der Waals surface area contributed by atoms with Crippen LogP contribution in [-0.2, 0) is 4.79 Å². The van der Waals surface area contributed by atoms with Gasteiger partial charge in [-0.05, 0) is 0 Å². The van der Waals surface area contributed by atoms with E-state index in [2.05, 4.69) is 6.58 Å². The molecule has 0 atom stereocenters. The van der Waals surface area contributed by atoms with Crippen LogP contribution in [0.25, 0.3) is 0 Å². The highest BCUT2D eigenvalue weighted by Gasteiger charge is 2.35. The molecule has 0 saturated heterocycles. The van der Waals surface area contributed by atoms with E-state index < -0.39 is 16.8 Å². The number of halogens is 1. The van der Waals surface area contributed by atoms with Gasteiger partial charge in [0.1, 0.15) is 0 Å². The van der Waals surface area contributed by atoms with Gasteiger partial charge in [-0.25, -0.2) is 4.79 Å². The summed E-state index contributed by atoms with van der Waals surface area (Å²) in [7, 11) is 0. The van der Waals surface area contributed by atoms with Crippen LogP contribution in [0.1, 0.15) is 0 Å². The van der Waals surface area contributed by atoms with Crippen LogP contribution < -0.4 is 0 Å². The van der Waals surface area contributed by atoms with Gasteiger partial charge in [-0.1, -0.05) is 18.2 Å². The molecule has 5 heteroatoms. The van der Waals surface area contributed by atoms with Crippen molar-refractivity contribution in [1.82, 2.24) is 0 Å². The third-order valence-corrected chi connectivity index (χ3v) is 0.940. The standard InChI is InChI=1S/C4H5ClO4/c1-2(5)4(8,9)3(6)7/h8-9H,1H2,(H,6,7). The van der Waals surface area contributed by atoms with Crippen molar-refractivity contribution in [3.8, 4) is 0 Å². The molecule has 4 nitrogen and oxygen atoms in total. The van der Waals surface area contributed by atoms with E-state index in [1.54, 1.807) is 0 Å². The molecule has 3 N–H and O–H groups in total. The third kappa shape index (κ3) is 1.67. The normalized spacial score (nSPS) is 11.0. The summed E-state index contributed by atoms with van der Waals surface area (Å²) < 4.78 is 0. The average molecular weight is 153 g/mol. The van der Waals surface area contributed by atoms with Gasteiger partial charge in [0.15, 0.2) is 0 Å². The molecule has 0 fully saturated rings. The van der Waals surface area contributed by atoms with Crippen molar-refractivity contribution in [2.45, 2.75) is 5.79 Å². The quantitative estimate of drug-likeness (QED) is 0.467. The Kier molecular flexibility index (Phi) is 2.19. The summed E-state index contributed by atoms with van der Waals surface area (Å²) in [5.74, 6) is -4.86. The zero-order valence-corrected chi connectivity index (χ0v) is 5.09. The van der Waals surface area contributed by atoms with E-state index in [4.69, 9.17) is 26.9 Å². The molecular formula is C4H5ClO4. The molecule has 0 radical (unpaired) electrons. The predicted octanol–water partition coefficient (Wildman–Crippen LogP) is -0.496. The summed E-state index contributed by atoms with van der Waals surface area (Å²) in [6.45, 7) is 2.83. The van der Waals surface area contributed by atoms with E-state index in [1.165, 1.54) is 0 Å². The van der Waals surface area contributed by atoms with Crippen LogP contribution in [0, 0.1) is 0 Å². The Labute approximate surface area is 56.0 Å². The van der Waals surface area contributed by atoms with E-state index in [9.17, 15) is 4.79 Å². The van der Waals surface area contributed by atoms with Crippen LogP contribution in [0.4, 0.5) is 0 Å². The molecule has 0 unspecified atom stereocenters. The first-order valence-corrected chi connectivity index (χ1v) is 2.30. The first-order valence-electron chi connectivity index (χ1n) is 1.92. The minimum Gasteiger partial charge on any atom is -0.477 e. The van der Waals surface area contributed by atoms with E-state index in [0.29, 0.717) is 0 Å². The molecule has 0 aliphatic carbocycles. The number of rotatable bonds is 2. The highest BCUT2D eigenvalue weighted by Crippen LogP contribution is 2.14. The lowest BCUT2D eigenvalue weighted by molar-refractivity contribution is -0.188. The summed E-state index contributed by atoms with van der Waals surface area (Å²) in [6, 6.07) is 0. The molecular weight excluding hydrogens is 147 g/mol. The minimum absolute atomic E-state index is 0.741. The van der Waals surface area contributed by atoms with Crippen molar-refractivity contribution in [1.29, 1.82) is 0 Å². The molecule has 0 aliphatic rings. The first kappa shape index (κ1) is 8.42. The molecule has 0 spiro atoms. The summed E-state index contributed by atoms with van der Waals surface area (Å²) in [5, 5.41) is 24.0. The fourth-order valence-electron chi connectivity index (χ4n) is 0.116. The van der Waals surface area contributed by atoms with Gasteiger partial charge in [0, 0.05) is 0 Å². The lowest BCUT2D eigenvalue weighted by Crippen LogP contribution is -2.38. The fourth-order valence-corrected chi connectivity index (χ4v) is 0.197. The summed E-state index contributed by atoms with van der Waals surface area (Å²) in [6.07, 6.45) is 0. The van der Waals surface area contributed by atoms with Gasteiger partial charge in [0.2, 0.25) is 0 Å². The second kappa shape index (κ2) is 2.34. The Bertz CT molecular complexity index is 135.